The highest BCUT2D eigenvalue weighted by atomic mass is 15.2. The van der Waals surface area contributed by atoms with Crippen LogP contribution in [-0.4, -0.2) is 30.9 Å². The fourth-order valence-corrected chi connectivity index (χ4v) is 2.98. The molecule has 2 heteroatoms. The van der Waals surface area contributed by atoms with Gasteiger partial charge in [0, 0.05) is 13.6 Å². The van der Waals surface area contributed by atoms with Crippen molar-refractivity contribution in [2.45, 2.75) is 93.4 Å². The van der Waals surface area contributed by atoms with Crippen LogP contribution < -0.4 is 0 Å². The second kappa shape index (κ2) is 14.0. The molecule has 0 bridgehead atoms. The molecule has 0 saturated heterocycles. The molecule has 0 amide bonds. The lowest BCUT2D eigenvalue weighted by atomic mass is 9.78. The van der Waals surface area contributed by atoms with Crippen molar-refractivity contribution in [2.24, 2.45) is 22.2 Å². The Morgan fingerprint density at radius 3 is 2.41 bits per heavy atom. The topological polar surface area (TPSA) is 15.6 Å². The summed E-state index contributed by atoms with van der Waals surface area (Å²) in [5.41, 5.74) is 1.70. The van der Waals surface area contributed by atoms with Crippen LogP contribution in [0.25, 0.3) is 0 Å². The fraction of sp³-hybridized carbons (Fsp3) is 0.800. The van der Waals surface area contributed by atoms with E-state index < -0.39 is 0 Å². The zero-order valence-corrected chi connectivity index (χ0v) is 19.8. The molecule has 27 heavy (non-hydrogen) atoms. The van der Waals surface area contributed by atoms with Gasteiger partial charge in [-0.25, -0.2) is 0 Å². The molecule has 0 aromatic rings. The van der Waals surface area contributed by atoms with Crippen LogP contribution in [0.3, 0.4) is 0 Å². The predicted octanol–water partition coefficient (Wildman–Crippen LogP) is 7.52. The third-order valence-electron chi connectivity index (χ3n) is 5.74. The number of hydrogen-bond donors (Lipinski definition) is 0. The molecule has 0 aliphatic rings. The first-order valence-electron chi connectivity index (χ1n) is 11.1. The van der Waals surface area contributed by atoms with E-state index in [1.165, 1.54) is 37.7 Å². The summed E-state index contributed by atoms with van der Waals surface area (Å²) >= 11 is 0. The summed E-state index contributed by atoms with van der Waals surface area (Å²) in [5.74, 6) is 2.58. The zero-order chi connectivity index (χ0) is 20.9. The number of aliphatic imine (C=N–C) groups is 1. The molecule has 1 unspecified atom stereocenters. The first kappa shape index (κ1) is 26.0. The summed E-state index contributed by atoms with van der Waals surface area (Å²) in [5, 5.41) is 0. The Labute approximate surface area is 171 Å². The average Bonchev–Trinajstić information content (AvgIpc) is 2.61. The van der Waals surface area contributed by atoms with E-state index in [4.69, 9.17) is 4.99 Å². The third kappa shape index (κ3) is 13.7. The van der Waals surface area contributed by atoms with Crippen LogP contribution in [-0.2, 0) is 0 Å². The van der Waals surface area contributed by atoms with Gasteiger partial charge >= 0.3 is 0 Å². The number of hydrogen-bond acceptors (Lipinski definition) is 1. The summed E-state index contributed by atoms with van der Waals surface area (Å²) < 4.78 is 0. The highest BCUT2D eigenvalue weighted by Crippen LogP contribution is 2.33. The van der Waals surface area contributed by atoms with Crippen molar-refractivity contribution < 1.29 is 0 Å². The minimum absolute atomic E-state index is 0.450. The first-order valence-corrected chi connectivity index (χ1v) is 11.1. The van der Waals surface area contributed by atoms with Gasteiger partial charge in [-0.3, -0.25) is 4.99 Å². The molecule has 0 aliphatic heterocycles. The van der Waals surface area contributed by atoms with Crippen LogP contribution in [0.5, 0.6) is 0 Å². The van der Waals surface area contributed by atoms with E-state index in [2.05, 4.69) is 79.1 Å². The maximum absolute atomic E-state index is 4.78. The molecule has 1 atom stereocenters. The average molecular weight is 377 g/mol. The number of nitrogens with zero attached hydrogens (tertiary/aromatic N) is 2. The lowest BCUT2D eigenvalue weighted by Gasteiger charge is -2.32. The van der Waals surface area contributed by atoms with E-state index in [1.807, 2.05) is 0 Å². The standard InChI is InChI=1S/C25H48N2/c1-10-25(8,17-16-22(4)5)18-19-27(9)24(7)26-20-23(6)15-13-11-12-14-21(2)3/h12,14,21-22H,6,10-11,13,15-20H2,1-5,7-9H3/b14-12-,26-24?. The van der Waals surface area contributed by atoms with Crippen LogP contribution in [0, 0.1) is 17.3 Å². The Hall–Kier alpha value is -1.05. The normalized spacial score (nSPS) is 15.0. The number of unbranched alkanes of at least 4 members (excludes halogenated alkanes) is 1. The zero-order valence-electron chi connectivity index (χ0n) is 19.8. The van der Waals surface area contributed by atoms with E-state index in [-0.39, 0.29) is 0 Å². The second-order valence-electron chi connectivity index (χ2n) is 9.45. The van der Waals surface area contributed by atoms with Gasteiger partial charge in [0.1, 0.15) is 0 Å². The van der Waals surface area contributed by atoms with Gasteiger partial charge in [0.2, 0.25) is 0 Å². The van der Waals surface area contributed by atoms with Crippen molar-refractivity contribution in [3.8, 4) is 0 Å². The molecule has 2 nitrogen and oxygen atoms in total. The van der Waals surface area contributed by atoms with Gasteiger partial charge in [0.25, 0.3) is 0 Å². The minimum atomic E-state index is 0.450. The summed E-state index contributed by atoms with van der Waals surface area (Å²) in [6, 6.07) is 0. The molecule has 0 saturated carbocycles. The summed E-state index contributed by atoms with van der Waals surface area (Å²) in [7, 11) is 2.18. The molecule has 158 valence electrons. The number of amidine groups is 1. The smallest absolute Gasteiger partial charge is 0.0958 e. The lowest BCUT2D eigenvalue weighted by molar-refractivity contribution is 0.222. The molecule has 0 fully saturated rings. The van der Waals surface area contributed by atoms with Gasteiger partial charge in [0.05, 0.1) is 12.4 Å². The van der Waals surface area contributed by atoms with Gasteiger partial charge in [-0.05, 0) is 56.3 Å². The van der Waals surface area contributed by atoms with Crippen molar-refractivity contribution in [1.29, 1.82) is 0 Å². The second-order valence-corrected chi connectivity index (χ2v) is 9.45. The van der Waals surface area contributed by atoms with Crippen LogP contribution in [0.15, 0.2) is 29.3 Å². The minimum Gasteiger partial charge on any atom is -0.364 e. The monoisotopic (exact) mass is 376 g/mol. The van der Waals surface area contributed by atoms with Crippen molar-refractivity contribution in [2.75, 3.05) is 20.1 Å². The van der Waals surface area contributed by atoms with Crippen LogP contribution in [0.4, 0.5) is 0 Å². The van der Waals surface area contributed by atoms with E-state index in [0.29, 0.717) is 11.3 Å². The lowest BCUT2D eigenvalue weighted by Crippen LogP contribution is -2.30. The molecule has 0 N–H and O–H groups in total. The molecule has 0 rings (SSSR count). The van der Waals surface area contributed by atoms with E-state index >= 15 is 0 Å². The van der Waals surface area contributed by atoms with Crippen LogP contribution >= 0.6 is 0 Å². The van der Waals surface area contributed by atoms with Gasteiger partial charge in [-0.15, -0.1) is 0 Å². The Kier molecular flexibility index (Phi) is 13.5. The van der Waals surface area contributed by atoms with Gasteiger partial charge in [-0.2, -0.15) is 0 Å². The fourth-order valence-electron chi connectivity index (χ4n) is 2.98. The largest absolute Gasteiger partial charge is 0.364 e. The van der Waals surface area contributed by atoms with E-state index in [0.717, 1.165) is 37.7 Å². The van der Waals surface area contributed by atoms with Crippen LogP contribution in [0.1, 0.15) is 93.4 Å². The molecule has 0 heterocycles. The van der Waals surface area contributed by atoms with Crippen molar-refractivity contribution in [1.82, 2.24) is 4.90 Å². The van der Waals surface area contributed by atoms with Gasteiger partial charge in [0.15, 0.2) is 0 Å². The van der Waals surface area contributed by atoms with Crippen molar-refractivity contribution in [3.05, 3.63) is 24.3 Å². The molecular formula is C25H48N2. The van der Waals surface area contributed by atoms with Crippen molar-refractivity contribution >= 4 is 5.84 Å². The maximum Gasteiger partial charge on any atom is 0.0958 e. The summed E-state index contributed by atoms with van der Waals surface area (Å²) in [6.07, 6.45) is 13.1. The summed E-state index contributed by atoms with van der Waals surface area (Å²) in [4.78, 5) is 7.10. The molecular weight excluding hydrogens is 328 g/mol. The quantitative estimate of drug-likeness (QED) is 0.132. The van der Waals surface area contributed by atoms with Crippen molar-refractivity contribution in [3.63, 3.8) is 0 Å². The number of rotatable bonds is 14. The third-order valence-corrected chi connectivity index (χ3v) is 5.74. The molecule has 0 aromatic heterocycles. The van der Waals surface area contributed by atoms with E-state index in [9.17, 15) is 0 Å². The van der Waals surface area contributed by atoms with Crippen LogP contribution in [0.2, 0.25) is 0 Å². The Morgan fingerprint density at radius 1 is 1.19 bits per heavy atom. The number of allylic oxidation sites excluding steroid dienone is 2. The summed E-state index contributed by atoms with van der Waals surface area (Å²) in [6.45, 7) is 22.1. The Balaban J connectivity index is 4.26. The highest BCUT2D eigenvalue weighted by Gasteiger charge is 2.22. The predicted molar refractivity (Wildman–Crippen MR) is 125 cm³/mol. The highest BCUT2D eigenvalue weighted by molar-refractivity contribution is 5.79. The Bertz CT molecular complexity index is 459. The first-order chi connectivity index (χ1) is 12.6. The van der Waals surface area contributed by atoms with E-state index in [1.54, 1.807) is 0 Å². The van der Waals surface area contributed by atoms with Gasteiger partial charge < -0.3 is 4.90 Å². The molecule has 0 spiro atoms. The SMILES string of the molecule is C=C(CCC/C=C\C(C)C)CN=C(C)N(C)CCC(C)(CC)CCC(C)C. The Morgan fingerprint density at radius 2 is 1.85 bits per heavy atom. The molecule has 0 radical (unpaired) electrons. The molecule has 0 aliphatic carbocycles. The van der Waals surface area contributed by atoms with Gasteiger partial charge in [-0.1, -0.05) is 78.7 Å². The maximum atomic E-state index is 4.78. The molecule has 0 aromatic carbocycles.